The van der Waals surface area contributed by atoms with Gasteiger partial charge in [-0.15, -0.1) is 0 Å². The highest BCUT2D eigenvalue weighted by molar-refractivity contribution is 5.90. The fraction of sp³-hybridized carbons (Fsp3) is 0.375. The van der Waals surface area contributed by atoms with Crippen LogP contribution in [-0.2, 0) is 17.8 Å². The molecule has 1 aromatic heterocycles. The summed E-state index contributed by atoms with van der Waals surface area (Å²) in [5.74, 6) is -0.396. The molecule has 8 heteroatoms. The molecule has 0 bridgehead atoms. The van der Waals surface area contributed by atoms with Crippen molar-refractivity contribution in [3.63, 3.8) is 0 Å². The summed E-state index contributed by atoms with van der Waals surface area (Å²) in [6, 6.07) is 8.80. The number of carbonyl (C=O) groups is 2. The van der Waals surface area contributed by atoms with Crippen LogP contribution in [0.3, 0.4) is 0 Å². The summed E-state index contributed by atoms with van der Waals surface area (Å²) in [6.45, 7) is 7.38. The number of amides is 3. The van der Waals surface area contributed by atoms with Gasteiger partial charge in [0, 0.05) is 25.3 Å². The molecular weight excluding hydrogens is 411 g/mol. The number of benzene rings is 1. The summed E-state index contributed by atoms with van der Waals surface area (Å²) in [7, 11) is 0. The molecule has 1 N–H and O–H groups in total. The highest BCUT2D eigenvalue weighted by Gasteiger charge is 2.26. The first-order valence-corrected chi connectivity index (χ1v) is 10.6. The summed E-state index contributed by atoms with van der Waals surface area (Å²) in [4.78, 5) is 32.1. The first kappa shape index (κ1) is 21.8. The molecule has 0 spiro atoms. The van der Waals surface area contributed by atoms with Gasteiger partial charge in [0.1, 0.15) is 11.4 Å². The number of hydrogen-bond donors (Lipinski definition) is 1. The number of hydrogen-bond acceptors (Lipinski definition) is 4. The molecule has 2 aliphatic heterocycles. The minimum absolute atomic E-state index is 0.249. The van der Waals surface area contributed by atoms with Crippen LogP contribution in [0, 0.1) is 5.82 Å². The predicted molar refractivity (Wildman–Crippen MR) is 119 cm³/mol. The van der Waals surface area contributed by atoms with E-state index in [-0.39, 0.29) is 12.1 Å². The highest BCUT2D eigenvalue weighted by Crippen LogP contribution is 2.26. The number of aromatic nitrogens is 1. The molecule has 0 saturated heterocycles. The van der Waals surface area contributed by atoms with Crippen LogP contribution in [0.4, 0.5) is 19.7 Å². The fourth-order valence-corrected chi connectivity index (χ4v) is 3.77. The fourth-order valence-electron chi connectivity index (χ4n) is 3.77. The van der Waals surface area contributed by atoms with Gasteiger partial charge >= 0.3 is 12.1 Å². The zero-order valence-electron chi connectivity index (χ0n) is 18.5. The highest BCUT2D eigenvalue weighted by atomic mass is 19.1. The van der Waals surface area contributed by atoms with Crippen molar-refractivity contribution in [3.05, 3.63) is 65.2 Å². The van der Waals surface area contributed by atoms with E-state index < -0.39 is 11.4 Å². The van der Waals surface area contributed by atoms with Gasteiger partial charge in [-0.05, 0) is 62.1 Å². The third kappa shape index (κ3) is 5.07. The van der Waals surface area contributed by atoms with E-state index in [1.165, 1.54) is 12.3 Å². The van der Waals surface area contributed by atoms with E-state index >= 15 is 0 Å². The Morgan fingerprint density at radius 3 is 2.53 bits per heavy atom. The maximum Gasteiger partial charge on any atom is 0.410 e. The van der Waals surface area contributed by atoms with E-state index in [1.54, 1.807) is 9.80 Å². The Morgan fingerprint density at radius 1 is 1.12 bits per heavy atom. The average Bonchev–Trinajstić information content (AvgIpc) is 3.17. The van der Waals surface area contributed by atoms with E-state index in [2.05, 4.69) is 10.3 Å². The molecule has 0 saturated carbocycles. The molecule has 0 fully saturated rings. The third-order valence-electron chi connectivity index (χ3n) is 5.38. The van der Waals surface area contributed by atoms with E-state index in [4.69, 9.17) is 4.74 Å². The number of fused-ring (bicyclic) bond motifs is 1. The van der Waals surface area contributed by atoms with Crippen molar-refractivity contribution in [1.29, 1.82) is 0 Å². The lowest BCUT2D eigenvalue weighted by atomic mass is 9.99. The van der Waals surface area contributed by atoms with Crippen LogP contribution in [0.5, 0.6) is 0 Å². The average molecular weight is 439 g/mol. The molecule has 0 aliphatic carbocycles. The van der Waals surface area contributed by atoms with Crippen molar-refractivity contribution in [2.45, 2.75) is 45.9 Å². The van der Waals surface area contributed by atoms with Gasteiger partial charge in [0.25, 0.3) is 0 Å². The molecule has 32 heavy (non-hydrogen) atoms. The van der Waals surface area contributed by atoms with Crippen LogP contribution in [-0.4, -0.2) is 45.6 Å². The Morgan fingerprint density at radius 2 is 1.88 bits per heavy atom. The van der Waals surface area contributed by atoms with Gasteiger partial charge in [-0.1, -0.05) is 18.2 Å². The summed E-state index contributed by atoms with van der Waals surface area (Å²) < 4.78 is 18.8. The maximum atomic E-state index is 13.3. The van der Waals surface area contributed by atoms with Crippen molar-refractivity contribution in [2.24, 2.45) is 0 Å². The van der Waals surface area contributed by atoms with Gasteiger partial charge in [0.05, 0.1) is 18.4 Å². The van der Waals surface area contributed by atoms with Crippen LogP contribution >= 0.6 is 0 Å². The summed E-state index contributed by atoms with van der Waals surface area (Å²) in [5, 5.41) is 2.88. The molecule has 7 nitrogen and oxygen atoms in total. The minimum Gasteiger partial charge on any atom is -0.444 e. The summed E-state index contributed by atoms with van der Waals surface area (Å²) in [5.41, 5.74) is 3.85. The van der Waals surface area contributed by atoms with Crippen LogP contribution in [0.2, 0.25) is 0 Å². The molecule has 3 amide bonds. The van der Waals surface area contributed by atoms with Crippen molar-refractivity contribution in [2.75, 3.05) is 18.4 Å². The smallest absolute Gasteiger partial charge is 0.410 e. The number of nitrogens with one attached hydrogen (secondary N) is 1. The first-order valence-electron chi connectivity index (χ1n) is 10.6. The first-order chi connectivity index (χ1) is 15.2. The van der Waals surface area contributed by atoms with Gasteiger partial charge in [0.2, 0.25) is 0 Å². The number of carbonyl (C=O) groups excluding carboxylic acids is 2. The molecule has 0 atom stereocenters. The van der Waals surface area contributed by atoms with E-state index in [0.717, 1.165) is 28.8 Å². The maximum absolute atomic E-state index is 13.3. The Labute approximate surface area is 186 Å². The zero-order chi connectivity index (χ0) is 22.9. The Balaban J connectivity index is 1.33. The van der Waals surface area contributed by atoms with Gasteiger partial charge in [-0.2, -0.15) is 0 Å². The van der Waals surface area contributed by atoms with Crippen molar-refractivity contribution in [1.82, 2.24) is 14.8 Å². The van der Waals surface area contributed by atoms with Crippen molar-refractivity contribution in [3.8, 4) is 0 Å². The quantitative estimate of drug-likeness (QED) is 0.731. The number of nitrogens with zero attached hydrogens (tertiary/aromatic N) is 3. The number of rotatable bonds is 2. The number of pyridine rings is 1. The van der Waals surface area contributed by atoms with Gasteiger partial charge in [-0.3, -0.25) is 4.98 Å². The second kappa shape index (κ2) is 8.61. The molecular formula is C24H27FN4O3. The van der Waals surface area contributed by atoms with Gasteiger partial charge in [0.15, 0.2) is 0 Å². The largest absolute Gasteiger partial charge is 0.444 e. The molecule has 2 aliphatic rings. The topological polar surface area (TPSA) is 74.8 Å². The minimum atomic E-state index is -0.508. The molecule has 2 aromatic rings. The summed E-state index contributed by atoms with van der Waals surface area (Å²) >= 11 is 0. The van der Waals surface area contributed by atoms with E-state index in [1.807, 2.05) is 51.1 Å². The van der Waals surface area contributed by atoms with Crippen LogP contribution < -0.4 is 5.32 Å². The van der Waals surface area contributed by atoms with E-state index in [0.29, 0.717) is 31.9 Å². The molecule has 1 aromatic carbocycles. The third-order valence-corrected chi connectivity index (χ3v) is 5.38. The number of halogens is 1. The Kier molecular flexibility index (Phi) is 5.86. The molecule has 0 unspecified atom stereocenters. The Hall–Kier alpha value is -3.42. The van der Waals surface area contributed by atoms with Crippen LogP contribution in [0.1, 0.15) is 44.0 Å². The van der Waals surface area contributed by atoms with Gasteiger partial charge < -0.3 is 19.9 Å². The lowest BCUT2D eigenvalue weighted by molar-refractivity contribution is 0.0270. The lowest BCUT2D eigenvalue weighted by Crippen LogP contribution is -2.39. The molecule has 0 radical (unpaired) electrons. The molecule has 168 valence electrons. The second-order valence-corrected chi connectivity index (χ2v) is 9.03. The zero-order valence-corrected chi connectivity index (χ0v) is 18.5. The Bertz CT molecular complexity index is 1060. The SMILES string of the molecule is CC(C)(C)OC(=O)N1CC=C(c2ccc(NC(=O)N3Cc4cc(F)cnc4C3)cc2)CC1. The van der Waals surface area contributed by atoms with Crippen molar-refractivity contribution < 1.29 is 18.7 Å². The predicted octanol–water partition coefficient (Wildman–Crippen LogP) is 4.79. The number of ether oxygens (including phenoxy) is 1. The lowest BCUT2D eigenvalue weighted by Gasteiger charge is -2.29. The normalized spacial score (nSPS) is 15.8. The standard InChI is InChI=1S/C24H27FN4O3/c1-24(2,3)32-23(31)28-10-8-17(9-11-28)16-4-6-20(7-5-16)27-22(30)29-14-18-12-19(25)13-26-21(18)15-29/h4-8,12-13H,9-11,14-15H2,1-3H3,(H,27,30). The van der Waals surface area contributed by atoms with Crippen LogP contribution in [0.25, 0.3) is 5.57 Å². The van der Waals surface area contributed by atoms with E-state index in [9.17, 15) is 14.0 Å². The summed E-state index contributed by atoms with van der Waals surface area (Å²) in [6.07, 6.45) is 3.65. The molecule has 4 rings (SSSR count). The number of anilines is 1. The number of urea groups is 1. The monoisotopic (exact) mass is 438 g/mol. The van der Waals surface area contributed by atoms with Gasteiger partial charge in [-0.25, -0.2) is 14.0 Å². The van der Waals surface area contributed by atoms with Crippen molar-refractivity contribution >= 4 is 23.4 Å². The van der Waals surface area contributed by atoms with Crippen LogP contribution in [0.15, 0.2) is 42.6 Å². The molecule has 3 heterocycles. The second-order valence-electron chi connectivity index (χ2n) is 9.03.